The van der Waals surface area contributed by atoms with Crippen LogP contribution in [0.3, 0.4) is 0 Å². The summed E-state index contributed by atoms with van der Waals surface area (Å²) < 4.78 is 7.35. The van der Waals surface area contributed by atoms with Gasteiger partial charge in [-0.15, -0.1) is 0 Å². The Balaban J connectivity index is 1.76. The predicted molar refractivity (Wildman–Crippen MR) is 91.8 cm³/mol. The van der Waals surface area contributed by atoms with Crippen LogP contribution in [0.15, 0.2) is 30.5 Å². The van der Waals surface area contributed by atoms with Crippen LogP contribution in [0.1, 0.15) is 37.6 Å². The molecule has 0 saturated heterocycles. The van der Waals surface area contributed by atoms with E-state index in [1.54, 1.807) is 4.90 Å². The Hall–Kier alpha value is -2.34. The third kappa shape index (κ3) is 3.43. The molecule has 0 aliphatic carbocycles. The number of rotatable bonds is 3. The fraction of sp³-hybridized carbons (Fsp3) is 0.444. The highest BCUT2D eigenvalue weighted by Gasteiger charge is 2.30. The van der Waals surface area contributed by atoms with Crippen LogP contribution in [-0.2, 0) is 24.2 Å². The average Bonchev–Trinajstić information content (AvgIpc) is 3.07. The average molecular weight is 328 g/mol. The maximum absolute atomic E-state index is 12.3. The minimum Gasteiger partial charge on any atom is -0.444 e. The summed E-state index contributed by atoms with van der Waals surface area (Å²) >= 11 is 0. The van der Waals surface area contributed by atoms with Crippen molar-refractivity contribution < 1.29 is 9.53 Å². The van der Waals surface area contributed by atoms with Crippen LogP contribution in [0.2, 0.25) is 0 Å². The van der Waals surface area contributed by atoms with Gasteiger partial charge in [-0.3, -0.25) is 4.90 Å². The lowest BCUT2D eigenvalue weighted by atomic mass is 10.1. The zero-order valence-electron chi connectivity index (χ0n) is 14.5. The topological polar surface area (TPSA) is 73.4 Å². The largest absolute Gasteiger partial charge is 0.444 e. The number of fused-ring (bicyclic) bond motifs is 1. The maximum atomic E-state index is 12.3. The zero-order chi connectivity index (χ0) is 17.3. The molecule has 0 saturated carbocycles. The van der Waals surface area contributed by atoms with E-state index < -0.39 is 5.60 Å². The lowest BCUT2D eigenvalue weighted by molar-refractivity contribution is 0.0239. The molecule has 1 aliphatic heterocycles. The van der Waals surface area contributed by atoms with Crippen LogP contribution in [0.4, 0.5) is 4.79 Å². The number of hydrogen-bond donors (Lipinski definition) is 1. The Labute approximate surface area is 142 Å². The van der Waals surface area contributed by atoms with Gasteiger partial charge in [-0.2, -0.15) is 5.10 Å². The van der Waals surface area contributed by atoms with E-state index in [2.05, 4.69) is 17.2 Å². The standard InChI is InChI=1S/C18H24N4O2/c1-18(2,3)24-17(23)21-11-14-10-20-22(16(14)12-21)15-6-4-13(5-7-15)8-9-19/h4-7,10H,8-9,11-12,19H2,1-3H3. The molecule has 3 rings (SSSR count). The van der Waals surface area contributed by atoms with E-state index in [4.69, 9.17) is 10.5 Å². The number of aromatic nitrogens is 2. The minimum absolute atomic E-state index is 0.288. The highest BCUT2D eigenvalue weighted by atomic mass is 16.6. The van der Waals surface area contributed by atoms with Crippen molar-refractivity contribution in [3.8, 4) is 5.69 Å². The van der Waals surface area contributed by atoms with Gasteiger partial charge < -0.3 is 10.5 Å². The van der Waals surface area contributed by atoms with Gasteiger partial charge in [0.1, 0.15) is 5.60 Å². The molecule has 24 heavy (non-hydrogen) atoms. The Morgan fingerprint density at radius 1 is 1.25 bits per heavy atom. The third-order valence-corrected chi connectivity index (χ3v) is 3.92. The molecule has 6 nitrogen and oxygen atoms in total. The molecule has 128 valence electrons. The van der Waals surface area contributed by atoms with Crippen molar-refractivity contribution in [2.45, 2.75) is 45.9 Å². The highest BCUT2D eigenvalue weighted by molar-refractivity contribution is 5.69. The van der Waals surface area contributed by atoms with Crippen LogP contribution in [0.5, 0.6) is 0 Å². The van der Waals surface area contributed by atoms with Gasteiger partial charge in [0.15, 0.2) is 0 Å². The van der Waals surface area contributed by atoms with Gasteiger partial charge in [0, 0.05) is 5.56 Å². The van der Waals surface area contributed by atoms with Gasteiger partial charge >= 0.3 is 6.09 Å². The summed E-state index contributed by atoms with van der Waals surface area (Å²) in [5, 5.41) is 4.47. The van der Waals surface area contributed by atoms with Gasteiger partial charge in [0.05, 0.1) is 30.7 Å². The monoisotopic (exact) mass is 328 g/mol. The number of carbonyl (C=O) groups excluding carboxylic acids is 1. The first-order valence-corrected chi connectivity index (χ1v) is 8.20. The van der Waals surface area contributed by atoms with E-state index in [0.29, 0.717) is 19.6 Å². The first-order valence-electron chi connectivity index (χ1n) is 8.20. The molecule has 0 spiro atoms. The van der Waals surface area contributed by atoms with Gasteiger partial charge in [0.25, 0.3) is 0 Å². The first kappa shape index (κ1) is 16.5. The van der Waals surface area contributed by atoms with E-state index in [9.17, 15) is 4.79 Å². The fourth-order valence-corrected chi connectivity index (χ4v) is 2.80. The van der Waals surface area contributed by atoms with Crippen LogP contribution >= 0.6 is 0 Å². The minimum atomic E-state index is -0.489. The first-order chi connectivity index (χ1) is 11.4. The van der Waals surface area contributed by atoms with Crippen LogP contribution in [0.25, 0.3) is 5.69 Å². The van der Waals surface area contributed by atoms with E-state index in [-0.39, 0.29) is 6.09 Å². The van der Waals surface area contributed by atoms with Crippen molar-refractivity contribution in [3.05, 3.63) is 47.3 Å². The Bertz CT molecular complexity index is 728. The molecular weight excluding hydrogens is 304 g/mol. The van der Waals surface area contributed by atoms with E-state index in [1.807, 2.05) is 43.8 Å². The molecule has 1 amide bonds. The molecule has 0 unspecified atom stereocenters. The summed E-state index contributed by atoms with van der Waals surface area (Å²) in [6.45, 7) is 7.31. The van der Waals surface area contributed by atoms with Crippen molar-refractivity contribution in [3.63, 3.8) is 0 Å². The van der Waals surface area contributed by atoms with Gasteiger partial charge in [-0.05, 0) is 51.4 Å². The summed E-state index contributed by atoms with van der Waals surface area (Å²) in [5.41, 5.74) is 9.39. The lowest BCUT2D eigenvalue weighted by Gasteiger charge is -2.24. The quantitative estimate of drug-likeness (QED) is 0.940. The van der Waals surface area contributed by atoms with Gasteiger partial charge in [0.2, 0.25) is 0 Å². The normalized spacial score (nSPS) is 13.9. The summed E-state index contributed by atoms with van der Waals surface area (Å²) in [4.78, 5) is 14.0. The van der Waals surface area contributed by atoms with E-state index >= 15 is 0 Å². The number of carbonyl (C=O) groups is 1. The van der Waals surface area contributed by atoms with Crippen molar-refractivity contribution >= 4 is 6.09 Å². The Morgan fingerprint density at radius 3 is 2.58 bits per heavy atom. The number of benzene rings is 1. The van der Waals surface area contributed by atoms with Crippen molar-refractivity contribution in [2.75, 3.05) is 6.54 Å². The molecule has 1 aromatic carbocycles. The Kier molecular flexibility index (Phi) is 4.32. The number of amides is 1. The van der Waals surface area contributed by atoms with Crippen molar-refractivity contribution in [2.24, 2.45) is 5.73 Å². The van der Waals surface area contributed by atoms with Crippen LogP contribution in [0, 0.1) is 0 Å². The molecule has 0 fully saturated rings. The lowest BCUT2D eigenvalue weighted by Crippen LogP contribution is -2.33. The fourth-order valence-electron chi connectivity index (χ4n) is 2.80. The molecule has 2 heterocycles. The maximum Gasteiger partial charge on any atom is 0.410 e. The van der Waals surface area contributed by atoms with Crippen molar-refractivity contribution in [1.29, 1.82) is 0 Å². The molecule has 1 aliphatic rings. The molecule has 0 bridgehead atoms. The summed E-state index contributed by atoms with van der Waals surface area (Å²) in [5.74, 6) is 0. The number of nitrogens with zero attached hydrogens (tertiary/aromatic N) is 3. The summed E-state index contributed by atoms with van der Waals surface area (Å²) in [6.07, 6.45) is 2.40. The van der Waals surface area contributed by atoms with E-state index in [0.717, 1.165) is 23.4 Å². The number of nitrogens with two attached hydrogens (primary N) is 1. The number of ether oxygens (including phenoxy) is 1. The van der Waals surface area contributed by atoms with Crippen LogP contribution < -0.4 is 5.73 Å². The van der Waals surface area contributed by atoms with Crippen LogP contribution in [-0.4, -0.2) is 32.9 Å². The smallest absolute Gasteiger partial charge is 0.410 e. The Morgan fingerprint density at radius 2 is 1.96 bits per heavy atom. The third-order valence-electron chi connectivity index (χ3n) is 3.92. The summed E-state index contributed by atoms with van der Waals surface area (Å²) in [6, 6.07) is 8.20. The molecule has 1 aromatic heterocycles. The summed E-state index contributed by atoms with van der Waals surface area (Å²) in [7, 11) is 0. The molecule has 0 atom stereocenters. The SMILES string of the molecule is CC(C)(C)OC(=O)N1Cc2cnn(-c3ccc(CCN)cc3)c2C1. The van der Waals surface area contributed by atoms with Gasteiger partial charge in [-0.1, -0.05) is 12.1 Å². The highest BCUT2D eigenvalue weighted by Crippen LogP contribution is 2.26. The second kappa shape index (κ2) is 6.28. The molecule has 6 heteroatoms. The molecule has 0 radical (unpaired) electrons. The second-order valence-corrected chi connectivity index (χ2v) is 7.07. The number of hydrogen-bond acceptors (Lipinski definition) is 4. The molecular formula is C18H24N4O2. The van der Waals surface area contributed by atoms with E-state index in [1.165, 1.54) is 5.56 Å². The van der Waals surface area contributed by atoms with Crippen molar-refractivity contribution in [1.82, 2.24) is 14.7 Å². The second-order valence-electron chi connectivity index (χ2n) is 7.07. The zero-order valence-corrected chi connectivity index (χ0v) is 14.5. The van der Waals surface area contributed by atoms with Gasteiger partial charge in [-0.25, -0.2) is 9.48 Å². The predicted octanol–water partition coefficient (Wildman–Crippen LogP) is 2.62. The molecule has 2 aromatic rings. The molecule has 2 N–H and O–H groups in total.